The lowest BCUT2D eigenvalue weighted by molar-refractivity contribution is -0.135. The average Bonchev–Trinajstić information content (AvgIpc) is 3.54. The van der Waals surface area contributed by atoms with Crippen LogP contribution in [0, 0.1) is 0 Å². The molecule has 1 aliphatic heterocycles. The number of esters is 1. The molecule has 7 nitrogen and oxygen atoms in total. The lowest BCUT2D eigenvalue weighted by Crippen LogP contribution is -2.38. The van der Waals surface area contributed by atoms with Crippen LogP contribution in [-0.4, -0.2) is 44.4 Å². The number of hydrogen-bond donors (Lipinski definition) is 1. The summed E-state index contributed by atoms with van der Waals surface area (Å²) >= 11 is 0. The molecule has 4 rings (SSSR count). The minimum atomic E-state index is -3.57. The molecule has 1 saturated carbocycles. The molecule has 152 valence electrons. The van der Waals surface area contributed by atoms with Crippen molar-refractivity contribution < 1.29 is 22.7 Å². The van der Waals surface area contributed by atoms with Crippen molar-refractivity contribution in [1.82, 2.24) is 9.62 Å². The first-order valence-corrected chi connectivity index (χ1v) is 11.0. The van der Waals surface area contributed by atoms with Crippen molar-refractivity contribution in [2.75, 3.05) is 13.2 Å². The summed E-state index contributed by atoms with van der Waals surface area (Å²) in [6, 6.07) is 13.5. The molecule has 1 amide bonds. The summed E-state index contributed by atoms with van der Waals surface area (Å²) in [5.41, 5.74) is 2.54. The van der Waals surface area contributed by atoms with Crippen LogP contribution >= 0.6 is 0 Å². The van der Waals surface area contributed by atoms with E-state index in [-0.39, 0.29) is 29.0 Å². The number of rotatable bonds is 6. The fourth-order valence-corrected chi connectivity index (χ4v) is 4.57. The van der Waals surface area contributed by atoms with E-state index >= 15 is 0 Å². The Kier molecular flexibility index (Phi) is 5.38. The highest BCUT2D eigenvalue weighted by molar-refractivity contribution is 7.89. The summed E-state index contributed by atoms with van der Waals surface area (Å²) in [5, 5.41) is 0. The highest BCUT2D eigenvalue weighted by atomic mass is 32.2. The van der Waals surface area contributed by atoms with Gasteiger partial charge in [-0.15, -0.1) is 0 Å². The number of benzene rings is 2. The molecule has 2 aromatic carbocycles. The lowest BCUT2D eigenvalue weighted by Gasteiger charge is -2.28. The Bertz CT molecular complexity index is 1030. The largest absolute Gasteiger partial charge is 0.452 e. The quantitative estimate of drug-likeness (QED) is 0.729. The summed E-state index contributed by atoms with van der Waals surface area (Å²) in [5.74, 6) is -0.907. The first-order chi connectivity index (χ1) is 13.9. The van der Waals surface area contributed by atoms with E-state index in [2.05, 4.69) is 10.8 Å². The van der Waals surface area contributed by atoms with Crippen molar-refractivity contribution in [1.29, 1.82) is 0 Å². The van der Waals surface area contributed by atoms with Crippen LogP contribution in [0.3, 0.4) is 0 Å². The predicted octanol–water partition coefficient (Wildman–Crippen LogP) is 1.87. The van der Waals surface area contributed by atoms with Crippen molar-refractivity contribution >= 4 is 21.9 Å². The lowest BCUT2D eigenvalue weighted by atomic mass is 10.00. The van der Waals surface area contributed by atoms with Crippen LogP contribution in [0.4, 0.5) is 0 Å². The Morgan fingerprint density at radius 2 is 1.72 bits per heavy atom. The van der Waals surface area contributed by atoms with Gasteiger partial charge in [-0.1, -0.05) is 24.3 Å². The summed E-state index contributed by atoms with van der Waals surface area (Å²) in [7, 11) is -3.57. The van der Waals surface area contributed by atoms with Crippen molar-refractivity contribution in [3.8, 4) is 0 Å². The maximum atomic E-state index is 12.4. The second-order valence-corrected chi connectivity index (χ2v) is 9.04. The van der Waals surface area contributed by atoms with Gasteiger partial charge in [0, 0.05) is 19.1 Å². The van der Waals surface area contributed by atoms with Gasteiger partial charge in [0.2, 0.25) is 10.0 Å². The van der Waals surface area contributed by atoms with Crippen LogP contribution in [0.15, 0.2) is 53.4 Å². The van der Waals surface area contributed by atoms with Crippen LogP contribution in [0.2, 0.25) is 0 Å². The van der Waals surface area contributed by atoms with Gasteiger partial charge in [0.05, 0.1) is 10.5 Å². The van der Waals surface area contributed by atoms with Crippen molar-refractivity contribution in [3.63, 3.8) is 0 Å². The fourth-order valence-electron chi connectivity index (χ4n) is 3.27. The molecule has 0 aromatic heterocycles. The maximum Gasteiger partial charge on any atom is 0.338 e. The molecule has 2 aliphatic rings. The molecule has 8 heteroatoms. The second-order valence-electron chi connectivity index (χ2n) is 7.33. The number of ether oxygens (including phenoxy) is 1. The van der Waals surface area contributed by atoms with E-state index in [0.29, 0.717) is 13.1 Å². The van der Waals surface area contributed by atoms with E-state index in [1.165, 1.54) is 29.8 Å². The van der Waals surface area contributed by atoms with Gasteiger partial charge in [-0.3, -0.25) is 4.79 Å². The number of amides is 1. The Hall–Kier alpha value is -2.71. The third-order valence-corrected chi connectivity index (χ3v) is 6.65. The maximum absolute atomic E-state index is 12.4. The van der Waals surface area contributed by atoms with Gasteiger partial charge in [0.25, 0.3) is 5.91 Å². The second kappa shape index (κ2) is 7.96. The minimum absolute atomic E-state index is 0.0115. The SMILES string of the molecule is O=C(OCC(=O)N1CCc2ccccc2C1)c1ccc(S(=O)(=O)NC2CC2)cc1. The summed E-state index contributed by atoms with van der Waals surface area (Å²) < 4.78 is 32.0. The first-order valence-electron chi connectivity index (χ1n) is 9.56. The molecule has 1 fully saturated rings. The Morgan fingerprint density at radius 3 is 2.41 bits per heavy atom. The monoisotopic (exact) mass is 414 g/mol. The van der Waals surface area contributed by atoms with Gasteiger partial charge in [-0.25, -0.2) is 17.9 Å². The van der Waals surface area contributed by atoms with Gasteiger partial charge < -0.3 is 9.64 Å². The Morgan fingerprint density at radius 1 is 1.03 bits per heavy atom. The molecular formula is C21H22N2O5S. The third kappa shape index (κ3) is 4.65. The van der Waals surface area contributed by atoms with E-state index in [1.54, 1.807) is 4.90 Å². The minimum Gasteiger partial charge on any atom is -0.452 e. The molecule has 1 heterocycles. The van der Waals surface area contributed by atoms with Gasteiger partial charge >= 0.3 is 5.97 Å². The molecular weight excluding hydrogens is 392 g/mol. The number of carbonyl (C=O) groups excluding carboxylic acids is 2. The van der Waals surface area contributed by atoms with E-state index < -0.39 is 16.0 Å². The highest BCUT2D eigenvalue weighted by Crippen LogP contribution is 2.22. The normalized spacial score (nSPS) is 16.2. The van der Waals surface area contributed by atoms with Gasteiger partial charge in [0.1, 0.15) is 0 Å². The molecule has 0 radical (unpaired) electrons. The third-order valence-electron chi connectivity index (χ3n) is 5.11. The van der Waals surface area contributed by atoms with Gasteiger partial charge in [-0.05, 0) is 54.7 Å². The summed E-state index contributed by atoms with van der Waals surface area (Å²) in [4.78, 5) is 26.4. The molecule has 0 spiro atoms. The molecule has 0 atom stereocenters. The molecule has 0 unspecified atom stereocenters. The van der Waals surface area contributed by atoms with Crippen LogP contribution in [0.1, 0.15) is 34.3 Å². The van der Waals surface area contributed by atoms with E-state index in [0.717, 1.165) is 24.8 Å². The fraction of sp³-hybridized carbons (Fsp3) is 0.333. The number of nitrogens with zero attached hydrogens (tertiary/aromatic N) is 1. The standard InChI is InChI=1S/C21H22N2O5S/c24-20(23-12-11-15-3-1-2-4-17(15)13-23)14-28-21(25)16-5-9-19(10-6-16)29(26,27)22-18-7-8-18/h1-6,9-10,18,22H,7-8,11-14H2. The number of carbonyl (C=O) groups is 2. The predicted molar refractivity (Wildman–Crippen MR) is 106 cm³/mol. The zero-order chi connectivity index (χ0) is 20.4. The number of nitrogens with one attached hydrogen (secondary N) is 1. The summed E-state index contributed by atoms with van der Waals surface area (Å²) in [6.45, 7) is 0.755. The number of fused-ring (bicyclic) bond motifs is 1. The molecule has 29 heavy (non-hydrogen) atoms. The first kappa shape index (κ1) is 19.6. The zero-order valence-electron chi connectivity index (χ0n) is 15.8. The molecule has 0 saturated heterocycles. The van der Waals surface area contributed by atoms with E-state index in [1.807, 2.05) is 18.2 Å². The van der Waals surface area contributed by atoms with Gasteiger partial charge in [0.15, 0.2) is 6.61 Å². The van der Waals surface area contributed by atoms with E-state index in [4.69, 9.17) is 4.74 Å². The molecule has 0 bridgehead atoms. The number of hydrogen-bond acceptors (Lipinski definition) is 5. The van der Waals surface area contributed by atoms with Crippen molar-refractivity contribution in [2.24, 2.45) is 0 Å². The summed E-state index contributed by atoms with van der Waals surface area (Å²) in [6.07, 6.45) is 2.47. The van der Waals surface area contributed by atoms with Crippen molar-refractivity contribution in [2.45, 2.75) is 36.7 Å². The molecule has 1 N–H and O–H groups in total. The van der Waals surface area contributed by atoms with Gasteiger partial charge in [-0.2, -0.15) is 0 Å². The average molecular weight is 414 g/mol. The Balaban J connectivity index is 1.32. The van der Waals surface area contributed by atoms with Crippen LogP contribution in [0.25, 0.3) is 0 Å². The zero-order valence-corrected chi connectivity index (χ0v) is 16.7. The van der Waals surface area contributed by atoms with Crippen LogP contribution < -0.4 is 4.72 Å². The topological polar surface area (TPSA) is 92.8 Å². The Labute approximate surface area is 169 Å². The molecule has 2 aromatic rings. The van der Waals surface area contributed by atoms with E-state index in [9.17, 15) is 18.0 Å². The smallest absolute Gasteiger partial charge is 0.338 e. The number of sulfonamides is 1. The van der Waals surface area contributed by atoms with Crippen LogP contribution in [-0.2, 0) is 32.5 Å². The van der Waals surface area contributed by atoms with Crippen molar-refractivity contribution in [3.05, 3.63) is 65.2 Å². The molecule has 1 aliphatic carbocycles. The highest BCUT2D eigenvalue weighted by Gasteiger charge is 2.28. The van der Waals surface area contributed by atoms with Crippen LogP contribution in [0.5, 0.6) is 0 Å².